The lowest BCUT2D eigenvalue weighted by molar-refractivity contribution is -0.127. The molecule has 0 amide bonds. The van der Waals surface area contributed by atoms with Gasteiger partial charge in [-0.1, -0.05) is 91.0 Å². The van der Waals surface area contributed by atoms with Crippen LogP contribution in [0.15, 0.2) is 91.0 Å². The van der Waals surface area contributed by atoms with Crippen LogP contribution in [0, 0.1) is 0 Å². The molecule has 32 heavy (non-hydrogen) atoms. The minimum atomic E-state index is -1.59. The molecular weight excluding hydrogens is 407 g/mol. The van der Waals surface area contributed by atoms with Gasteiger partial charge in [-0.05, 0) is 23.6 Å². The van der Waals surface area contributed by atoms with Crippen LogP contribution in [0.2, 0.25) is 0 Å². The molecule has 0 spiro atoms. The highest BCUT2D eigenvalue weighted by Gasteiger charge is 2.49. The zero-order chi connectivity index (χ0) is 22.2. The summed E-state index contributed by atoms with van der Waals surface area (Å²) in [7, 11) is 0. The molecule has 0 aliphatic carbocycles. The fraction of sp³-hybridized carbons (Fsp3) is 0.333. The van der Waals surface area contributed by atoms with Crippen LogP contribution in [0.5, 0.6) is 0 Å². The first-order valence-electron chi connectivity index (χ1n) is 11.0. The number of benzene rings is 3. The van der Waals surface area contributed by atoms with Crippen LogP contribution in [-0.4, -0.2) is 30.8 Å². The molecule has 168 valence electrons. The monoisotopic (exact) mass is 436 g/mol. The Morgan fingerprint density at radius 1 is 0.688 bits per heavy atom. The Hall–Kier alpha value is -2.57. The largest absolute Gasteiger partial charge is 0.371 e. The molecule has 1 fully saturated rings. The van der Waals surface area contributed by atoms with Crippen molar-refractivity contribution in [1.29, 1.82) is 0 Å². The van der Waals surface area contributed by atoms with Crippen LogP contribution in [0.3, 0.4) is 0 Å². The maximum Gasteiger partial charge on any atom is 0.228 e. The number of ether oxygens (including phenoxy) is 4. The first-order chi connectivity index (χ1) is 15.7. The molecule has 1 aliphatic rings. The second kappa shape index (κ2) is 11.3. The third-order valence-corrected chi connectivity index (χ3v) is 5.58. The third-order valence-electron chi connectivity index (χ3n) is 5.58. The van der Waals surface area contributed by atoms with Gasteiger partial charge in [-0.2, -0.15) is 0 Å². The number of hydrogen-bond acceptors (Lipinski definition) is 4. The van der Waals surface area contributed by atoms with E-state index >= 15 is 0 Å². The van der Waals surface area contributed by atoms with E-state index in [0.717, 1.165) is 16.7 Å². The summed E-state index contributed by atoms with van der Waals surface area (Å²) < 4.78 is 38.8. The maximum atomic E-state index is 15.0. The second-order valence-corrected chi connectivity index (χ2v) is 7.98. The quantitative estimate of drug-likeness (QED) is 0.423. The van der Waals surface area contributed by atoms with Crippen LogP contribution in [-0.2, 0) is 38.8 Å². The fourth-order valence-electron chi connectivity index (χ4n) is 3.81. The maximum absolute atomic E-state index is 15.0. The Balaban J connectivity index is 1.44. The highest BCUT2D eigenvalue weighted by atomic mass is 19.1. The highest BCUT2D eigenvalue weighted by Crippen LogP contribution is 2.32. The smallest absolute Gasteiger partial charge is 0.228 e. The van der Waals surface area contributed by atoms with Crippen molar-refractivity contribution in [3.63, 3.8) is 0 Å². The third kappa shape index (κ3) is 6.02. The van der Waals surface area contributed by atoms with Gasteiger partial charge in [0, 0.05) is 0 Å². The van der Waals surface area contributed by atoms with E-state index in [-0.39, 0.29) is 12.7 Å². The zero-order valence-electron chi connectivity index (χ0n) is 18.2. The zero-order valence-corrected chi connectivity index (χ0v) is 18.2. The number of rotatable bonds is 10. The summed E-state index contributed by atoms with van der Waals surface area (Å²) in [5, 5.41) is 0. The van der Waals surface area contributed by atoms with Crippen molar-refractivity contribution >= 4 is 0 Å². The van der Waals surface area contributed by atoms with E-state index in [2.05, 4.69) is 0 Å². The van der Waals surface area contributed by atoms with Crippen molar-refractivity contribution in [2.45, 2.75) is 57.5 Å². The number of halogens is 1. The summed E-state index contributed by atoms with van der Waals surface area (Å²) >= 11 is 0. The van der Waals surface area contributed by atoms with E-state index in [1.54, 1.807) is 0 Å². The molecule has 1 aliphatic heterocycles. The molecule has 3 aromatic carbocycles. The topological polar surface area (TPSA) is 36.9 Å². The Morgan fingerprint density at radius 3 is 1.62 bits per heavy atom. The Kier molecular flexibility index (Phi) is 8.02. The van der Waals surface area contributed by atoms with E-state index in [1.165, 1.54) is 0 Å². The molecule has 0 saturated carbocycles. The lowest BCUT2D eigenvalue weighted by atomic mass is 10.1. The minimum Gasteiger partial charge on any atom is -0.371 e. The first-order valence-corrected chi connectivity index (χ1v) is 11.0. The van der Waals surface area contributed by atoms with Gasteiger partial charge in [-0.3, -0.25) is 0 Å². The molecule has 5 atom stereocenters. The van der Waals surface area contributed by atoms with Crippen molar-refractivity contribution in [3.8, 4) is 0 Å². The SMILES string of the molecule is C[C@@H](OCc1ccccc1)[C@@H]1OC(F)[C@H](OCc2ccccc2)[C@H]1OCc1ccccc1. The average molecular weight is 437 g/mol. The molecule has 1 heterocycles. The van der Waals surface area contributed by atoms with Crippen molar-refractivity contribution < 1.29 is 23.3 Å². The number of alkyl halides is 1. The Bertz CT molecular complexity index is 922. The Morgan fingerprint density at radius 2 is 1.12 bits per heavy atom. The van der Waals surface area contributed by atoms with Gasteiger partial charge < -0.3 is 18.9 Å². The summed E-state index contributed by atoms with van der Waals surface area (Å²) in [5.74, 6) is 0. The molecule has 0 radical (unpaired) electrons. The fourth-order valence-corrected chi connectivity index (χ4v) is 3.81. The summed E-state index contributed by atoms with van der Waals surface area (Å²) in [6.07, 6.45) is -3.99. The first kappa shape index (κ1) is 22.6. The molecule has 0 N–H and O–H groups in total. The van der Waals surface area contributed by atoms with Gasteiger partial charge in [0.25, 0.3) is 0 Å². The van der Waals surface area contributed by atoms with Gasteiger partial charge in [0.1, 0.15) is 18.3 Å². The van der Waals surface area contributed by atoms with Gasteiger partial charge in [-0.15, -0.1) is 0 Å². The van der Waals surface area contributed by atoms with Gasteiger partial charge >= 0.3 is 0 Å². The standard InChI is InChI=1S/C27H29FO4/c1-20(29-17-21-11-5-2-6-12-21)24-25(30-18-22-13-7-3-8-14-22)26(27(28)32-24)31-19-23-15-9-4-10-16-23/h2-16,20,24-27H,17-19H2,1H3/t20-,24+,25+,26-,27?/m1/s1. The van der Waals surface area contributed by atoms with Crippen molar-refractivity contribution in [2.75, 3.05) is 0 Å². The molecule has 4 nitrogen and oxygen atoms in total. The normalized spacial score (nSPS) is 23.8. The van der Waals surface area contributed by atoms with Crippen LogP contribution in [0.25, 0.3) is 0 Å². The van der Waals surface area contributed by atoms with Gasteiger partial charge in [0.15, 0.2) is 0 Å². The predicted octanol–water partition coefficient (Wildman–Crippen LogP) is 5.46. The summed E-state index contributed by atoms with van der Waals surface area (Å²) in [6, 6.07) is 29.4. The van der Waals surface area contributed by atoms with Crippen LogP contribution in [0.1, 0.15) is 23.6 Å². The lowest BCUT2D eigenvalue weighted by Gasteiger charge is -2.27. The predicted molar refractivity (Wildman–Crippen MR) is 121 cm³/mol. The van der Waals surface area contributed by atoms with Gasteiger partial charge in [0.05, 0.1) is 25.9 Å². The molecule has 0 aromatic heterocycles. The summed E-state index contributed by atoms with van der Waals surface area (Å²) in [4.78, 5) is 0. The van der Waals surface area contributed by atoms with E-state index in [9.17, 15) is 4.39 Å². The molecule has 1 unspecified atom stereocenters. The van der Waals surface area contributed by atoms with Gasteiger partial charge in [-0.25, -0.2) is 4.39 Å². The number of hydrogen-bond donors (Lipinski definition) is 0. The van der Waals surface area contributed by atoms with Crippen molar-refractivity contribution in [3.05, 3.63) is 108 Å². The van der Waals surface area contributed by atoms with Crippen LogP contribution in [0.4, 0.5) is 4.39 Å². The van der Waals surface area contributed by atoms with Crippen LogP contribution < -0.4 is 0 Å². The van der Waals surface area contributed by atoms with Crippen molar-refractivity contribution in [1.82, 2.24) is 0 Å². The lowest BCUT2D eigenvalue weighted by Crippen LogP contribution is -2.41. The molecule has 5 heteroatoms. The van der Waals surface area contributed by atoms with Gasteiger partial charge in [0.2, 0.25) is 6.36 Å². The van der Waals surface area contributed by atoms with E-state index in [1.807, 2.05) is 97.9 Å². The van der Waals surface area contributed by atoms with E-state index < -0.39 is 24.7 Å². The second-order valence-electron chi connectivity index (χ2n) is 7.98. The highest BCUT2D eigenvalue weighted by molar-refractivity contribution is 5.15. The van der Waals surface area contributed by atoms with Crippen molar-refractivity contribution in [2.24, 2.45) is 0 Å². The molecule has 1 saturated heterocycles. The minimum absolute atomic E-state index is 0.284. The molecule has 0 bridgehead atoms. The van der Waals surface area contributed by atoms with E-state index in [4.69, 9.17) is 18.9 Å². The van der Waals surface area contributed by atoms with E-state index in [0.29, 0.717) is 13.2 Å². The summed E-state index contributed by atoms with van der Waals surface area (Å²) in [6.45, 7) is 2.93. The summed E-state index contributed by atoms with van der Waals surface area (Å²) in [5.41, 5.74) is 3.03. The molecular formula is C27H29FO4. The van der Waals surface area contributed by atoms with Crippen LogP contribution >= 0.6 is 0 Å². The Labute approximate surface area is 188 Å². The average Bonchev–Trinajstić information content (AvgIpc) is 3.17. The molecule has 4 rings (SSSR count). The molecule has 3 aromatic rings.